The zero-order chi connectivity index (χ0) is 14.5. The molecule has 0 aliphatic rings. The van der Waals surface area contributed by atoms with Crippen molar-refractivity contribution in [2.75, 3.05) is 20.8 Å². The second-order valence-corrected chi connectivity index (χ2v) is 6.12. The van der Waals surface area contributed by atoms with Gasteiger partial charge in [0, 0.05) is 19.6 Å². The number of hydrogen-bond acceptors (Lipinski definition) is 3. The molecule has 0 aromatic heterocycles. The topological polar surface area (TPSA) is 30.5 Å². The Hall–Kier alpha value is -0.580. The summed E-state index contributed by atoms with van der Waals surface area (Å²) in [7, 11) is 3.68. The smallest absolute Gasteiger partial charge is 0.133 e. The third-order valence-electron chi connectivity index (χ3n) is 3.40. The van der Waals surface area contributed by atoms with E-state index in [1.165, 1.54) is 5.56 Å². The van der Waals surface area contributed by atoms with Crippen molar-refractivity contribution in [2.24, 2.45) is 0 Å². The lowest BCUT2D eigenvalue weighted by Gasteiger charge is -2.23. The number of rotatable bonds is 7. The van der Waals surface area contributed by atoms with Gasteiger partial charge in [0.05, 0.1) is 16.7 Å². The van der Waals surface area contributed by atoms with Crippen molar-refractivity contribution < 1.29 is 9.47 Å². The van der Waals surface area contributed by atoms with Crippen molar-refractivity contribution in [3.05, 3.63) is 28.2 Å². The fourth-order valence-corrected chi connectivity index (χ4v) is 2.09. The highest BCUT2D eigenvalue weighted by molar-refractivity contribution is 9.10. The fourth-order valence-electron chi connectivity index (χ4n) is 1.58. The van der Waals surface area contributed by atoms with Crippen LogP contribution in [-0.4, -0.2) is 26.4 Å². The largest absolute Gasteiger partial charge is 0.492 e. The van der Waals surface area contributed by atoms with Gasteiger partial charge in [-0.15, -0.1) is 0 Å². The molecule has 0 radical (unpaired) electrons. The number of methoxy groups -OCH3 is 1. The molecule has 1 aromatic carbocycles. The van der Waals surface area contributed by atoms with Crippen LogP contribution in [0.15, 0.2) is 22.7 Å². The molecule has 1 unspecified atom stereocenters. The maximum Gasteiger partial charge on any atom is 0.133 e. The highest BCUT2D eigenvalue weighted by atomic mass is 79.9. The predicted molar refractivity (Wildman–Crippen MR) is 82.8 cm³/mol. The standard InChI is InChI=1S/C15H24BrNO2/c1-11(17-4)12-6-7-14(13(16)10-12)19-9-8-15(2,3)18-5/h6-7,10-11,17H,8-9H2,1-5H3. The van der Waals surface area contributed by atoms with E-state index in [1.807, 2.05) is 13.1 Å². The molecule has 0 aliphatic heterocycles. The molecule has 3 nitrogen and oxygen atoms in total. The van der Waals surface area contributed by atoms with E-state index in [2.05, 4.69) is 54.2 Å². The molecule has 1 aromatic rings. The quantitative estimate of drug-likeness (QED) is 0.822. The molecule has 0 spiro atoms. The molecular weight excluding hydrogens is 306 g/mol. The SMILES string of the molecule is CNC(C)c1ccc(OCCC(C)(C)OC)c(Br)c1. The summed E-state index contributed by atoms with van der Waals surface area (Å²) in [5, 5.41) is 3.22. The third kappa shape index (κ3) is 5.13. The fraction of sp³-hybridized carbons (Fsp3) is 0.600. The van der Waals surface area contributed by atoms with Gasteiger partial charge in [-0.1, -0.05) is 6.07 Å². The normalized spacial score (nSPS) is 13.4. The Bertz CT molecular complexity index is 407. The first-order valence-corrected chi connectivity index (χ1v) is 7.33. The van der Waals surface area contributed by atoms with Crippen molar-refractivity contribution in [1.29, 1.82) is 0 Å². The monoisotopic (exact) mass is 329 g/mol. The van der Waals surface area contributed by atoms with Gasteiger partial charge >= 0.3 is 0 Å². The molecule has 1 N–H and O–H groups in total. The van der Waals surface area contributed by atoms with Crippen LogP contribution in [0, 0.1) is 0 Å². The van der Waals surface area contributed by atoms with Crippen molar-refractivity contribution in [3.63, 3.8) is 0 Å². The minimum absolute atomic E-state index is 0.146. The molecule has 0 fully saturated rings. The second-order valence-electron chi connectivity index (χ2n) is 5.26. The highest BCUT2D eigenvalue weighted by Gasteiger charge is 2.16. The Balaban J connectivity index is 2.61. The Labute approximate surface area is 124 Å². The Kier molecular flexibility index (Phi) is 6.30. The van der Waals surface area contributed by atoms with E-state index < -0.39 is 0 Å². The number of ether oxygens (including phenoxy) is 2. The maximum atomic E-state index is 5.80. The molecule has 4 heteroatoms. The predicted octanol–water partition coefficient (Wildman–Crippen LogP) is 3.92. The summed E-state index contributed by atoms with van der Waals surface area (Å²) >= 11 is 3.56. The lowest BCUT2D eigenvalue weighted by molar-refractivity contribution is 0.00539. The first-order chi connectivity index (χ1) is 8.89. The summed E-state index contributed by atoms with van der Waals surface area (Å²) in [6, 6.07) is 6.52. The van der Waals surface area contributed by atoms with Crippen LogP contribution in [0.1, 0.15) is 38.8 Å². The molecule has 108 valence electrons. The molecule has 1 rings (SSSR count). The van der Waals surface area contributed by atoms with Crippen LogP contribution in [-0.2, 0) is 4.74 Å². The number of nitrogens with one attached hydrogen (secondary N) is 1. The average molecular weight is 330 g/mol. The van der Waals surface area contributed by atoms with Crippen LogP contribution >= 0.6 is 15.9 Å². The zero-order valence-electron chi connectivity index (χ0n) is 12.4. The van der Waals surface area contributed by atoms with Crippen LogP contribution in [0.25, 0.3) is 0 Å². The van der Waals surface area contributed by atoms with Crippen LogP contribution in [0.5, 0.6) is 5.75 Å². The zero-order valence-corrected chi connectivity index (χ0v) is 14.0. The highest BCUT2D eigenvalue weighted by Crippen LogP contribution is 2.28. The van der Waals surface area contributed by atoms with Gasteiger partial charge in [-0.05, 0) is 61.4 Å². The van der Waals surface area contributed by atoms with Crippen molar-refractivity contribution in [2.45, 2.75) is 38.8 Å². The van der Waals surface area contributed by atoms with Gasteiger partial charge in [0.25, 0.3) is 0 Å². The van der Waals surface area contributed by atoms with Crippen molar-refractivity contribution in [3.8, 4) is 5.75 Å². The lowest BCUT2D eigenvalue weighted by atomic mass is 10.1. The van der Waals surface area contributed by atoms with Crippen molar-refractivity contribution in [1.82, 2.24) is 5.32 Å². The van der Waals surface area contributed by atoms with E-state index in [1.54, 1.807) is 7.11 Å². The van der Waals surface area contributed by atoms with E-state index in [0.29, 0.717) is 12.6 Å². The van der Waals surface area contributed by atoms with Crippen LogP contribution < -0.4 is 10.1 Å². The summed E-state index contributed by atoms with van der Waals surface area (Å²) in [6.07, 6.45) is 0.852. The van der Waals surface area contributed by atoms with E-state index in [-0.39, 0.29) is 5.60 Å². The average Bonchev–Trinajstić information content (AvgIpc) is 2.39. The molecule has 0 aliphatic carbocycles. The lowest BCUT2D eigenvalue weighted by Crippen LogP contribution is -2.25. The molecule has 0 saturated carbocycles. The van der Waals surface area contributed by atoms with Crippen molar-refractivity contribution >= 4 is 15.9 Å². The summed E-state index contributed by atoms with van der Waals surface area (Å²) in [5.74, 6) is 0.874. The Morgan fingerprint density at radius 1 is 1.37 bits per heavy atom. The minimum atomic E-state index is -0.146. The van der Waals surface area contributed by atoms with E-state index in [9.17, 15) is 0 Å². The summed E-state index contributed by atoms with van der Waals surface area (Å²) in [4.78, 5) is 0. The summed E-state index contributed by atoms with van der Waals surface area (Å²) in [5.41, 5.74) is 1.09. The number of halogens is 1. The molecule has 0 heterocycles. The number of benzene rings is 1. The molecule has 0 amide bonds. The van der Waals surface area contributed by atoms with Crippen LogP contribution in [0.3, 0.4) is 0 Å². The van der Waals surface area contributed by atoms with Gasteiger partial charge in [0.15, 0.2) is 0 Å². The number of hydrogen-bond donors (Lipinski definition) is 1. The van der Waals surface area contributed by atoms with Gasteiger partial charge in [0.2, 0.25) is 0 Å². The third-order valence-corrected chi connectivity index (χ3v) is 4.02. The van der Waals surface area contributed by atoms with Gasteiger partial charge in [0.1, 0.15) is 5.75 Å². The van der Waals surface area contributed by atoms with E-state index >= 15 is 0 Å². The van der Waals surface area contributed by atoms with E-state index in [0.717, 1.165) is 16.6 Å². The Morgan fingerprint density at radius 3 is 2.58 bits per heavy atom. The Morgan fingerprint density at radius 2 is 2.05 bits per heavy atom. The first kappa shape index (κ1) is 16.5. The van der Waals surface area contributed by atoms with Gasteiger partial charge in [-0.3, -0.25) is 0 Å². The first-order valence-electron chi connectivity index (χ1n) is 6.54. The van der Waals surface area contributed by atoms with Gasteiger partial charge in [-0.25, -0.2) is 0 Å². The molecular formula is C15H24BrNO2. The molecule has 1 atom stereocenters. The molecule has 0 bridgehead atoms. The second kappa shape index (κ2) is 7.27. The maximum absolute atomic E-state index is 5.80. The molecule has 19 heavy (non-hydrogen) atoms. The van der Waals surface area contributed by atoms with Gasteiger partial charge < -0.3 is 14.8 Å². The van der Waals surface area contributed by atoms with Gasteiger partial charge in [-0.2, -0.15) is 0 Å². The van der Waals surface area contributed by atoms with Crippen LogP contribution in [0.4, 0.5) is 0 Å². The van der Waals surface area contributed by atoms with E-state index in [4.69, 9.17) is 9.47 Å². The molecule has 0 saturated heterocycles. The summed E-state index contributed by atoms with van der Waals surface area (Å²) in [6.45, 7) is 6.88. The van der Waals surface area contributed by atoms with Crippen LogP contribution in [0.2, 0.25) is 0 Å². The summed E-state index contributed by atoms with van der Waals surface area (Å²) < 4.78 is 12.2. The minimum Gasteiger partial charge on any atom is -0.492 e.